The second kappa shape index (κ2) is 28.3. The van der Waals surface area contributed by atoms with E-state index in [4.69, 9.17) is 79.6 Å². The van der Waals surface area contributed by atoms with E-state index in [0.717, 1.165) is 49.5 Å². The van der Waals surface area contributed by atoms with Gasteiger partial charge in [0.15, 0.2) is 8.59 Å². The molecule has 1 fully saturated rings. The summed E-state index contributed by atoms with van der Waals surface area (Å²) in [5.74, 6) is 4.64. The summed E-state index contributed by atoms with van der Waals surface area (Å²) in [6.45, 7) is 39.8. The molecule has 1 aliphatic rings. The van der Waals surface area contributed by atoms with E-state index in [1.54, 1.807) is 0 Å². The maximum atomic E-state index is 5.72. The summed E-state index contributed by atoms with van der Waals surface area (Å²) in [5, 5.41) is 8.09. The minimum absolute atomic E-state index is 0.341. The van der Waals surface area contributed by atoms with Gasteiger partial charge in [0.1, 0.15) is 0 Å². The fourth-order valence-corrected chi connectivity index (χ4v) is 8.59. The van der Waals surface area contributed by atoms with Crippen LogP contribution in [-0.2, 0) is 0 Å². The third-order valence-corrected chi connectivity index (χ3v) is 12.2. The molecule has 5 rings (SSSR count). The van der Waals surface area contributed by atoms with Crippen molar-refractivity contribution in [1.29, 1.82) is 0 Å². The number of benzene rings is 4. The fourth-order valence-electron chi connectivity index (χ4n) is 8.59. The van der Waals surface area contributed by atoms with Crippen molar-refractivity contribution >= 4 is 104 Å². The van der Waals surface area contributed by atoms with Crippen LogP contribution in [0, 0.1) is 0 Å². The SMILES string of the molecule is CC(C)c1cccc(C(C)C)c1N=C(Nc1c(C(C)C)cccc1C(C)C)N1CCN(C(=Nc2c(C(C)C)cccc2C(C)C)Nc2c(C(C)C)cccc2C(C)C)CC1.ClC(Cl)Cl.ClC(Cl)Cl. The standard InChI is InChI=1S/C54H78N6.2CHCl3/c1-33(2)41-21-17-22-42(34(3)4)49(41)55-53(56-50-43(35(5)6)23-18-24-44(50)36(7)8)59-29-31-60(32-30-59)54(57-51-45(37(9)10)25-19-26-46(51)38(11)12)58-52-47(39(13)14)27-20-28-48(52)40(15)16;2*2-1(3)4/h17-28,33-40H,29-32H2,1-16H3,(H,55,56)(H,57,58);2*1H. The second-order valence-corrected chi connectivity index (χ2v) is 24.0. The van der Waals surface area contributed by atoms with Gasteiger partial charge in [-0.05, 0) is 91.9 Å². The van der Waals surface area contributed by atoms with Gasteiger partial charge in [-0.2, -0.15) is 0 Å². The van der Waals surface area contributed by atoms with E-state index in [1.165, 1.54) is 55.9 Å². The number of para-hydroxylation sites is 4. The quantitative estimate of drug-likeness (QED) is 0.0843. The van der Waals surface area contributed by atoms with E-state index >= 15 is 0 Å². The lowest BCUT2D eigenvalue weighted by Gasteiger charge is -2.39. The summed E-state index contributed by atoms with van der Waals surface area (Å²) < 4.78 is -1.50. The normalized spacial score (nSPS) is 13.8. The largest absolute Gasteiger partial charge is 0.339 e. The van der Waals surface area contributed by atoms with Crippen LogP contribution in [0.15, 0.2) is 82.8 Å². The van der Waals surface area contributed by atoms with Gasteiger partial charge < -0.3 is 20.4 Å². The van der Waals surface area contributed by atoms with Crippen molar-refractivity contribution < 1.29 is 0 Å². The van der Waals surface area contributed by atoms with Crippen molar-refractivity contribution in [3.63, 3.8) is 0 Å². The van der Waals surface area contributed by atoms with Crippen molar-refractivity contribution in [3.8, 4) is 0 Å². The first-order valence-corrected chi connectivity index (χ1v) is 27.1. The average Bonchev–Trinajstić information content (AvgIpc) is 3.25. The number of piperazine rings is 1. The lowest BCUT2D eigenvalue weighted by molar-refractivity contribution is 0.258. The summed E-state index contributed by atoms with van der Waals surface area (Å²) in [5.41, 5.74) is 15.0. The van der Waals surface area contributed by atoms with E-state index in [9.17, 15) is 0 Å². The third-order valence-electron chi connectivity index (χ3n) is 12.2. The molecule has 0 radical (unpaired) electrons. The maximum Gasteiger partial charge on any atom is 0.203 e. The van der Waals surface area contributed by atoms with Crippen LogP contribution in [-0.4, -0.2) is 56.5 Å². The molecule has 376 valence electrons. The molecule has 0 amide bonds. The van der Waals surface area contributed by atoms with Gasteiger partial charge in [-0.25, -0.2) is 9.98 Å². The highest BCUT2D eigenvalue weighted by atomic mass is 35.6. The Hall–Kier alpha value is -2.84. The second-order valence-electron chi connectivity index (χ2n) is 20.0. The Bertz CT molecular complexity index is 1970. The van der Waals surface area contributed by atoms with Crippen molar-refractivity contribution in [1.82, 2.24) is 9.80 Å². The highest BCUT2D eigenvalue weighted by molar-refractivity contribution is 6.63. The Morgan fingerprint density at radius 1 is 0.353 bits per heavy atom. The maximum absolute atomic E-state index is 5.72. The van der Waals surface area contributed by atoms with Crippen LogP contribution in [0.5, 0.6) is 0 Å². The molecule has 0 atom stereocenters. The molecule has 1 saturated heterocycles. The van der Waals surface area contributed by atoms with Gasteiger partial charge in [-0.1, -0.05) is 253 Å². The van der Waals surface area contributed by atoms with E-state index in [2.05, 4.69) is 204 Å². The van der Waals surface area contributed by atoms with E-state index in [1.807, 2.05) is 0 Å². The number of hydrogen-bond donors (Lipinski definition) is 2. The van der Waals surface area contributed by atoms with Crippen LogP contribution in [0.25, 0.3) is 0 Å². The molecule has 0 unspecified atom stereocenters. The van der Waals surface area contributed by atoms with Gasteiger partial charge in [-0.15, -0.1) is 0 Å². The molecular weight excluding hydrogens is 969 g/mol. The molecule has 6 nitrogen and oxygen atoms in total. The van der Waals surface area contributed by atoms with Crippen molar-refractivity contribution in [2.24, 2.45) is 9.98 Å². The zero-order valence-corrected chi connectivity index (χ0v) is 48.1. The molecular formula is C56H80Cl6N6. The first-order valence-electron chi connectivity index (χ1n) is 24.4. The summed E-state index contributed by atoms with van der Waals surface area (Å²) in [6, 6.07) is 27.0. The van der Waals surface area contributed by atoms with E-state index < -0.39 is 8.59 Å². The monoisotopic (exact) mass is 1050 g/mol. The minimum atomic E-state index is -0.750. The highest BCUT2D eigenvalue weighted by Gasteiger charge is 2.28. The number of halogens is 6. The molecule has 0 saturated carbocycles. The van der Waals surface area contributed by atoms with E-state index in [-0.39, 0.29) is 0 Å². The molecule has 2 N–H and O–H groups in total. The molecule has 1 heterocycles. The molecule has 4 aromatic carbocycles. The van der Waals surface area contributed by atoms with Crippen molar-refractivity contribution in [2.45, 2.75) is 167 Å². The first kappa shape index (κ1) is 59.5. The van der Waals surface area contributed by atoms with Gasteiger partial charge in [-0.3, -0.25) is 0 Å². The first-order chi connectivity index (χ1) is 31.9. The molecule has 0 spiro atoms. The smallest absolute Gasteiger partial charge is 0.203 e. The van der Waals surface area contributed by atoms with Gasteiger partial charge in [0.05, 0.1) is 11.4 Å². The lowest BCUT2D eigenvalue weighted by Crippen LogP contribution is -2.53. The molecule has 0 aromatic heterocycles. The van der Waals surface area contributed by atoms with Crippen LogP contribution < -0.4 is 10.6 Å². The Balaban J connectivity index is 0.00000142. The topological polar surface area (TPSA) is 55.3 Å². The number of anilines is 2. The van der Waals surface area contributed by atoms with Gasteiger partial charge in [0, 0.05) is 37.6 Å². The zero-order valence-electron chi connectivity index (χ0n) is 43.6. The van der Waals surface area contributed by atoms with E-state index in [0.29, 0.717) is 47.3 Å². The predicted molar refractivity (Wildman–Crippen MR) is 306 cm³/mol. The molecule has 12 heteroatoms. The predicted octanol–water partition coefficient (Wildman–Crippen LogP) is 19.2. The Labute approximate surface area is 442 Å². The van der Waals surface area contributed by atoms with Gasteiger partial charge in [0.25, 0.3) is 0 Å². The Morgan fingerprint density at radius 2 is 0.529 bits per heavy atom. The molecule has 68 heavy (non-hydrogen) atoms. The Kier molecular flexibility index (Phi) is 24.7. The third kappa shape index (κ3) is 17.2. The summed E-state index contributed by atoms with van der Waals surface area (Å²) in [7, 11) is 0. The molecule has 0 bridgehead atoms. The number of hydrogen-bond acceptors (Lipinski definition) is 2. The number of nitrogens with one attached hydrogen (secondary N) is 2. The highest BCUT2D eigenvalue weighted by Crippen LogP contribution is 2.39. The minimum Gasteiger partial charge on any atom is -0.339 e. The van der Waals surface area contributed by atoms with Crippen LogP contribution in [0.4, 0.5) is 22.7 Å². The van der Waals surface area contributed by atoms with Crippen molar-refractivity contribution in [3.05, 3.63) is 117 Å². The number of nitrogens with zero attached hydrogens (tertiary/aromatic N) is 4. The van der Waals surface area contributed by atoms with Crippen LogP contribution in [0.1, 0.15) is 203 Å². The number of guanidine groups is 2. The Morgan fingerprint density at radius 3 is 0.706 bits per heavy atom. The van der Waals surface area contributed by atoms with Gasteiger partial charge in [0.2, 0.25) is 11.9 Å². The van der Waals surface area contributed by atoms with Crippen LogP contribution >= 0.6 is 69.6 Å². The number of rotatable bonds is 12. The fraction of sp³-hybridized carbons (Fsp3) is 0.536. The lowest BCUT2D eigenvalue weighted by atomic mass is 9.92. The average molecular weight is 1050 g/mol. The van der Waals surface area contributed by atoms with Crippen molar-refractivity contribution in [2.75, 3.05) is 36.8 Å². The molecule has 1 aliphatic heterocycles. The summed E-state index contributed by atoms with van der Waals surface area (Å²) in [4.78, 5) is 16.4. The van der Waals surface area contributed by atoms with Crippen LogP contribution in [0.2, 0.25) is 0 Å². The summed E-state index contributed by atoms with van der Waals surface area (Å²) in [6.07, 6.45) is 0. The van der Waals surface area contributed by atoms with Gasteiger partial charge >= 0.3 is 0 Å². The summed E-state index contributed by atoms with van der Waals surface area (Å²) >= 11 is 28.8. The molecule has 4 aromatic rings. The molecule has 0 aliphatic carbocycles. The van der Waals surface area contributed by atoms with Crippen LogP contribution in [0.3, 0.4) is 0 Å². The number of aliphatic imine (C=N–C) groups is 2. The zero-order chi connectivity index (χ0) is 51.2. The number of alkyl halides is 6.